The molecule has 1 heterocycles. The average molecular weight is 309 g/mol. The van der Waals surface area contributed by atoms with Gasteiger partial charge in [0.25, 0.3) is 0 Å². The monoisotopic (exact) mass is 308 g/mol. The van der Waals surface area contributed by atoms with Gasteiger partial charge in [-0.2, -0.15) is 0 Å². The first-order valence-corrected chi connectivity index (χ1v) is 8.32. The zero-order valence-electron chi connectivity index (χ0n) is 12.7. The first kappa shape index (κ1) is 16.3. The summed E-state index contributed by atoms with van der Waals surface area (Å²) in [7, 11) is 0. The Kier molecular flexibility index (Phi) is 6.07. The van der Waals surface area contributed by atoms with Gasteiger partial charge in [0.2, 0.25) is 5.91 Å². The maximum atomic E-state index is 12.7. The molecule has 0 radical (unpaired) electrons. The number of nitrogens with zero attached hydrogens (tertiary/aromatic N) is 1. The Hall–Kier alpha value is -1.06. The van der Waals surface area contributed by atoms with Crippen molar-refractivity contribution in [3.05, 3.63) is 34.9 Å². The van der Waals surface area contributed by atoms with Crippen molar-refractivity contribution in [2.45, 2.75) is 57.5 Å². The largest absolute Gasteiger partial charge is 0.334 e. The van der Waals surface area contributed by atoms with Crippen LogP contribution in [-0.4, -0.2) is 23.4 Å². The van der Waals surface area contributed by atoms with Crippen molar-refractivity contribution in [2.24, 2.45) is 5.73 Å². The van der Waals surface area contributed by atoms with Crippen molar-refractivity contribution in [1.29, 1.82) is 0 Å². The summed E-state index contributed by atoms with van der Waals surface area (Å²) in [5.41, 5.74) is 7.23. The molecule has 116 valence electrons. The summed E-state index contributed by atoms with van der Waals surface area (Å²) in [6.07, 6.45) is 6.09. The molecule has 0 aromatic heterocycles. The van der Waals surface area contributed by atoms with Crippen LogP contribution in [0.2, 0.25) is 5.02 Å². The molecule has 21 heavy (non-hydrogen) atoms. The zero-order chi connectivity index (χ0) is 15.2. The van der Waals surface area contributed by atoms with E-state index in [2.05, 4.69) is 6.92 Å². The molecule has 2 N–H and O–H groups in total. The fourth-order valence-corrected chi connectivity index (χ4v) is 3.18. The van der Waals surface area contributed by atoms with Gasteiger partial charge in [0.15, 0.2) is 0 Å². The van der Waals surface area contributed by atoms with Crippen LogP contribution in [0.5, 0.6) is 0 Å². The average Bonchev–Trinajstić information content (AvgIpc) is 2.73. The molecule has 3 nitrogen and oxygen atoms in total. The number of nitrogens with two attached hydrogens (primary N) is 1. The zero-order valence-corrected chi connectivity index (χ0v) is 13.5. The molecule has 0 bridgehead atoms. The SMILES string of the molecule is CCCC(N)C(=O)N1CCCCCC1c1ccc(Cl)cc1. The maximum absolute atomic E-state index is 12.7. The number of likely N-dealkylation sites (tertiary alicyclic amines) is 1. The lowest BCUT2D eigenvalue weighted by Crippen LogP contribution is -2.45. The minimum absolute atomic E-state index is 0.0960. The Balaban J connectivity index is 2.21. The maximum Gasteiger partial charge on any atom is 0.239 e. The molecule has 2 atom stereocenters. The lowest BCUT2D eigenvalue weighted by Gasteiger charge is -2.32. The van der Waals surface area contributed by atoms with Crippen LogP contribution in [0.15, 0.2) is 24.3 Å². The van der Waals surface area contributed by atoms with E-state index in [1.807, 2.05) is 29.2 Å². The van der Waals surface area contributed by atoms with Gasteiger partial charge in [-0.3, -0.25) is 4.79 Å². The van der Waals surface area contributed by atoms with Gasteiger partial charge < -0.3 is 10.6 Å². The molecule has 2 rings (SSSR count). The van der Waals surface area contributed by atoms with Gasteiger partial charge in [-0.05, 0) is 37.0 Å². The van der Waals surface area contributed by atoms with E-state index in [9.17, 15) is 4.79 Å². The van der Waals surface area contributed by atoms with E-state index < -0.39 is 0 Å². The summed E-state index contributed by atoms with van der Waals surface area (Å²) in [6.45, 7) is 2.87. The van der Waals surface area contributed by atoms with Crippen molar-refractivity contribution in [3.8, 4) is 0 Å². The predicted molar refractivity (Wildman–Crippen MR) is 87.3 cm³/mol. The summed E-state index contributed by atoms with van der Waals surface area (Å²) in [4.78, 5) is 14.7. The third-order valence-corrected chi connectivity index (χ3v) is 4.46. The van der Waals surface area contributed by atoms with Gasteiger partial charge >= 0.3 is 0 Å². The molecule has 2 unspecified atom stereocenters. The molecular weight excluding hydrogens is 284 g/mol. The minimum atomic E-state index is -0.372. The molecular formula is C17H25ClN2O. The number of carbonyl (C=O) groups is 1. The van der Waals surface area contributed by atoms with Gasteiger partial charge in [-0.1, -0.05) is 49.9 Å². The summed E-state index contributed by atoms with van der Waals surface area (Å²) < 4.78 is 0. The molecule has 0 saturated carbocycles. The van der Waals surface area contributed by atoms with Gasteiger partial charge in [0, 0.05) is 11.6 Å². The van der Waals surface area contributed by atoms with Crippen LogP contribution >= 0.6 is 11.6 Å². The van der Waals surface area contributed by atoms with E-state index in [1.165, 1.54) is 12.0 Å². The summed E-state index contributed by atoms with van der Waals surface area (Å²) >= 11 is 5.97. The highest BCUT2D eigenvalue weighted by molar-refractivity contribution is 6.30. The first-order valence-electron chi connectivity index (χ1n) is 7.95. The second-order valence-corrected chi connectivity index (χ2v) is 6.28. The standard InChI is InChI=1S/C17H25ClN2O/c1-2-6-15(19)17(21)20-12-5-3-4-7-16(20)13-8-10-14(18)11-9-13/h8-11,15-16H,2-7,12,19H2,1H3. The van der Waals surface area contributed by atoms with Gasteiger partial charge in [0.05, 0.1) is 12.1 Å². The van der Waals surface area contributed by atoms with Crippen molar-refractivity contribution in [3.63, 3.8) is 0 Å². The highest BCUT2D eigenvalue weighted by Gasteiger charge is 2.29. The summed E-state index contributed by atoms with van der Waals surface area (Å²) in [5.74, 6) is 0.0960. The Bertz CT molecular complexity index is 460. The first-order chi connectivity index (χ1) is 10.1. The van der Waals surface area contributed by atoms with Crippen molar-refractivity contribution in [2.75, 3.05) is 6.54 Å². The number of benzene rings is 1. The Morgan fingerprint density at radius 2 is 2.05 bits per heavy atom. The third kappa shape index (κ3) is 4.21. The second kappa shape index (κ2) is 7.81. The molecule has 1 fully saturated rings. The molecule has 1 amide bonds. The highest BCUT2D eigenvalue weighted by Crippen LogP contribution is 2.31. The van der Waals surface area contributed by atoms with Crippen LogP contribution in [0, 0.1) is 0 Å². The molecule has 1 aromatic carbocycles. The second-order valence-electron chi connectivity index (χ2n) is 5.84. The van der Waals surface area contributed by atoms with E-state index in [0.717, 1.165) is 43.7 Å². The fourth-order valence-electron chi connectivity index (χ4n) is 3.05. The van der Waals surface area contributed by atoms with Crippen molar-refractivity contribution < 1.29 is 4.79 Å². The highest BCUT2D eigenvalue weighted by atomic mass is 35.5. The van der Waals surface area contributed by atoms with Crippen LogP contribution in [0.3, 0.4) is 0 Å². The fraction of sp³-hybridized carbons (Fsp3) is 0.588. The van der Waals surface area contributed by atoms with Crippen LogP contribution in [0.1, 0.15) is 57.1 Å². The normalized spacial score (nSPS) is 20.9. The van der Waals surface area contributed by atoms with E-state index in [0.29, 0.717) is 0 Å². The number of hydrogen-bond donors (Lipinski definition) is 1. The lowest BCUT2D eigenvalue weighted by atomic mass is 9.99. The molecule has 1 saturated heterocycles. The molecule has 1 aromatic rings. The minimum Gasteiger partial charge on any atom is -0.334 e. The van der Waals surface area contributed by atoms with Crippen molar-refractivity contribution in [1.82, 2.24) is 4.90 Å². The number of amides is 1. The third-order valence-electron chi connectivity index (χ3n) is 4.21. The van der Waals surface area contributed by atoms with E-state index in [4.69, 9.17) is 17.3 Å². The molecule has 1 aliphatic heterocycles. The van der Waals surface area contributed by atoms with E-state index >= 15 is 0 Å². The van der Waals surface area contributed by atoms with Crippen molar-refractivity contribution >= 4 is 17.5 Å². The Labute approximate surface area is 132 Å². The number of rotatable bonds is 4. The van der Waals surface area contributed by atoms with Gasteiger partial charge in [-0.15, -0.1) is 0 Å². The van der Waals surface area contributed by atoms with Crippen LogP contribution in [-0.2, 0) is 4.79 Å². The lowest BCUT2D eigenvalue weighted by molar-refractivity contribution is -0.135. The predicted octanol–water partition coefficient (Wildman–Crippen LogP) is 3.91. The number of halogens is 1. The molecule has 0 spiro atoms. The topological polar surface area (TPSA) is 46.3 Å². The number of hydrogen-bond acceptors (Lipinski definition) is 2. The van der Waals surface area contributed by atoms with Crippen LogP contribution < -0.4 is 5.73 Å². The van der Waals surface area contributed by atoms with Crippen LogP contribution in [0.4, 0.5) is 0 Å². The molecule has 0 aliphatic carbocycles. The van der Waals surface area contributed by atoms with Gasteiger partial charge in [-0.25, -0.2) is 0 Å². The molecule has 1 aliphatic rings. The quantitative estimate of drug-likeness (QED) is 0.916. The van der Waals surface area contributed by atoms with E-state index in [-0.39, 0.29) is 18.0 Å². The summed E-state index contributed by atoms with van der Waals surface area (Å²) in [5, 5.41) is 0.730. The Morgan fingerprint density at radius 1 is 1.33 bits per heavy atom. The Morgan fingerprint density at radius 3 is 2.71 bits per heavy atom. The molecule has 4 heteroatoms. The van der Waals surface area contributed by atoms with Crippen LogP contribution in [0.25, 0.3) is 0 Å². The van der Waals surface area contributed by atoms with Gasteiger partial charge in [0.1, 0.15) is 0 Å². The summed E-state index contributed by atoms with van der Waals surface area (Å²) in [6, 6.07) is 7.63. The smallest absolute Gasteiger partial charge is 0.239 e. The van der Waals surface area contributed by atoms with E-state index in [1.54, 1.807) is 0 Å². The number of carbonyl (C=O) groups excluding carboxylic acids is 1.